The van der Waals surface area contributed by atoms with Crippen LogP contribution in [0.2, 0.25) is 0 Å². The normalized spacial score (nSPS) is 9.88. The van der Waals surface area contributed by atoms with Crippen LogP contribution in [0, 0.1) is 0 Å². The molecule has 0 atom stereocenters. The fourth-order valence-corrected chi connectivity index (χ4v) is 1.37. The topological polar surface area (TPSA) is 51.4 Å². The van der Waals surface area contributed by atoms with Crippen LogP contribution in [0.3, 0.4) is 0 Å². The summed E-state index contributed by atoms with van der Waals surface area (Å²) in [5.74, 6) is 7.44. The largest absolute Gasteiger partial charge is 0.497 e. The molecule has 2 rings (SSSR count). The monoisotopic (exact) mass is 215 g/mol. The Morgan fingerprint density at radius 3 is 2.44 bits per heavy atom. The second-order valence-corrected chi connectivity index (χ2v) is 3.26. The Hall–Kier alpha value is -2.07. The van der Waals surface area contributed by atoms with Gasteiger partial charge in [-0.3, -0.25) is 5.01 Å². The van der Waals surface area contributed by atoms with Crippen molar-refractivity contribution in [1.29, 1.82) is 0 Å². The minimum atomic E-state index is 0.702. The zero-order valence-corrected chi connectivity index (χ0v) is 9.00. The molecule has 0 saturated heterocycles. The molecule has 0 saturated carbocycles. The van der Waals surface area contributed by atoms with Crippen molar-refractivity contribution < 1.29 is 4.74 Å². The van der Waals surface area contributed by atoms with Crippen LogP contribution in [-0.4, -0.2) is 12.1 Å². The smallest absolute Gasteiger partial charge is 0.147 e. The number of ether oxygens (including phenoxy) is 1. The van der Waals surface area contributed by atoms with Gasteiger partial charge in [0.1, 0.15) is 11.6 Å². The number of hydrazine groups is 1. The van der Waals surface area contributed by atoms with E-state index >= 15 is 0 Å². The van der Waals surface area contributed by atoms with Crippen LogP contribution in [0.25, 0.3) is 0 Å². The Morgan fingerprint density at radius 1 is 1.12 bits per heavy atom. The van der Waals surface area contributed by atoms with Gasteiger partial charge in [0.2, 0.25) is 0 Å². The fourth-order valence-electron chi connectivity index (χ4n) is 1.37. The van der Waals surface area contributed by atoms with E-state index in [0.29, 0.717) is 5.82 Å². The molecule has 82 valence electrons. The van der Waals surface area contributed by atoms with Gasteiger partial charge in [0, 0.05) is 6.20 Å². The molecule has 2 N–H and O–H groups in total. The van der Waals surface area contributed by atoms with Crippen LogP contribution >= 0.6 is 0 Å². The average Bonchev–Trinajstić information content (AvgIpc) is 2.39. The molecule has 0 bridgehead atoms. The number of rotatable bonds is 3. The lowest BCUT2D eigenvalue weighted by Crippen LogP contribution is -2.25. The highest BCUT2D eigenvalue weighted by Gasteiger charge is 2.04. The number of methoxy groups -OCH3 is 1. The highest BCUT2D eigenvalue weighted by Crippen LogP contribution is 2.21. The second-order valence-electron chi connectivity index (χ2n) is 3.26. The summed E-state index contributed by atoms with van der Waals surface area (Å²) >= 11 is 0. The van der Waals surface area contributed by atoms with Crippen LogP contribution in [0.5, 0.6) is 5.75 Å². The third kappa shape index (κ3) is 2.12. The van der Waals surface area contributed by atoms with Crippen molar-refractivity contribution in [3.05, 3.63) is 48.7 Å². The Labute approximate surface area is 94.3 Å². The van der Waals surface area contributed by atoms with Crippen molar-refractivity contribution in [2.75, 3.05) is 12.1 Å². The Morgan fingerprint density at radius 2 is 1.88 bits per heavy atom. The molecule has 0 aliphatic carbocycles. The van der Waals surface area contributed by atoms with E-state index in [1.165, 1.54) is 5.01 Å². The molecule has 1 aromatic carbocycles. The maximum absolute atomic E-state index is 5.94. The third-order valence-electron chi connectivity index (χ3n) is 2.25. The Balaban J connectivity index is 2.24. The second kappa shape index (κ2) is 4.63. The van der Waals surface area contributed by atoms with Crippen molar-refractivity contribution in [2.24, 2.45) is 5.84 Å². The van der Waals surface area contributed by atoms with Gasteiger partial charge >= 0.3 is 0 Å². The van der Waals surface area contributed by atoms with Crippen LogP contribution in [0.15, 0.2) is 48.7 Å². The molecule has 1 heterocycles. The van der Waals surface area contributed by atoms with Gasteiger partial charge in [0.25, 0.3) is 0 Å². The first-order valence-corrected chi connectivity index (χ1v) is 4.91. The standard InChI is InChI=1S/C12H13N3O/c1-16-11-7-5-10(6-8-11)15(13)12-4-2-3-9-14-12/h2-9H,13H2,1H3. The van der Waals surface area contributed by atoms with Crippen molar-refractivity contribution in [1.82, 2.24) is 4.98 Å². The van der Waals surface area contributed by atoms with Crippen LogP contribution < -0.4 is 15.6 Å². The van der Waals surface area contributed by atoms with Crippen molar-refractivity contribution >= 4 is 11.5 Å². The number of aromatic nitrogens is 1. The quantitative estimate of drug-likeness (QED) is 0.629. The maximum Gasteiger partial charge on any atom is 0.147 e. The van der Waals surface area contributed by atoms with Gasteiger partial charge in [-0.1, -0.05) is 6.07 Å². The van der Waals surface area contributed by atoms with Crippen LogP contribution in [0.1, 0.15) is 0 Å². The fraction of sp³-hybridized carbons (Fsp3) is 0.0833. The van der Waals surface area contributed by atoms with Crippen molar-refractivity contribution in [3.8, 4) is 5.75 Å². The number of benzene rings is 1. The number of hydrogen-bond acceptors (Lipinski definition) is 4. The van der Waals surface area contributed by atoms with Gasteiger partial charge < -0.3 is 4.74 Å². The number of hydrogen-bond donors (Lipinski definition) is 1. The summed E-state index contributed by atoms with van der Waals surface area (Å²) < 4.78 is 5.08. The highest BCUT2D eigenvalue weighted by atomic mass is 16.5. The predicted molar refractivity (Wildman–Crippen MR) is 63.6 cm³/mol. The molecular weight excluding hydrogens is 202 g/mol. The molecule has 0 radical (unpaired) electrons. The molecule has 0 aliphatic rings. The average molecular weight is 215 g/mol. The number of nitrogens with zero attached hydrogens (tertiary/aromatic N) is 2. The van der Waals surface area contributed by atoms with Crippen LogP contribution in [0.4, 0.5) is 11.5 Å². The van der Waals surface area contributed by atoms with E-state index in [0.717, 1.165) is 11.4 Å². The van der Waals surface area contributed by atoms with Gasteiger partial charge in [0.05, 0.1) is 12.8 Å². The van der Waals surface area contributed by atoms with Gasteiger partial charge in [0.15, 0.2) is 0 Å². The molecule has 16 heavy (non-hydrogen) atoms. The first-order chi connectivity index (χ1) is 7.81. The minimum Gasteiger partial charge on any atom is -0.497 e. The van der Waals surface area contributed by atoms with E-state index < -0.39 is 0 Å². The third-order valence-corrected chi connectivity index (χ3v) is 2.25. The molecule has 0 fully saturated rings. The van der Waals surface area contributed by atoms with E-state index in [4.69, 9.17) is 10.6 Å². The molecule has 0 spiro atoms. The predicted octanol–water partition coefficient (Wildman–Crippen LogP) is 2.10. The molecular formula is C12H13N3O. The lowest BCUT2D eigenvalue weighted by Gasteiger charge is -2.17. The molecule has 0 unspecified atom stereocenters. The Kier molecular flexibility index (Phi) is 3.03. The minimum absolute atomic E-state index is 0.702. The first-order valence-electron chi connectivity index (χ1n) is 4.91. The Bertz CT molecular complexity index is 442. The zero-order valence-electron chi connectivity index (χ0n) is 9.00. The molecule has 0 aliphatic heterocycles. The van der Waals surface area contributed by atoms with Gasteiger partial charge in [-0.05, 0) is 36.4 Å². The first kappa shape index (κ1) is 10.4. The number of pyridine rings is 1. The lowest BCUT2D eigenvalue weighted by molar-refractivity contribution is 0.415. The summed E-state index contributed by atoms with van der Waals surface area (Å²) in [6.45, 7) is 0. The molecule has 4 nitrogen and oxygen atoms in total. The van der Waals surface area contributed by atoms with Gasteiger partial charge in [-0.25, -0.2) is 10.8 Å². The highest BCUT2D eigenvalue weighted by molar-refractivity contribution is 5.58. The summed E-state index contributed by atoms with van der Waals surface area (Å²) in [7, 11) is 1.63. The SMILES string of the molecule is COc1ccc(N(N)c2ccccn2)cc1. The van der Waals surface area contributed by atoms with E-state index in [2.05, 4.69) is 4.98 Å². The van der Waals surface area contributed by atoms with E-state index in [9.17, 15) is 0 Å². The summed E-state index contributed by atoms with van der Waals surface area (Å²) in [5.41, 5.74) is 0.861. The number of anilines is 2. The lowest BCUT2D eigenvalue weighted by atomic mass is 10.3. The number of nitrogens with two attached hydrogens (primary N) is 1. The summed E-state index contributed by atoms with van der Waals surface area (Å²) in [4.78, 5) is 4.17. The molecule has 0 amide bonds. The van der Waals surface area contributed by atoms with Gasteiger partial charge in [-0.2, -0.15) is 0 Å². The molecule has 4 heteroatoms. The van der Waals surface area contributed by atoms with Crippen molar-refractivity contribution in [3.63, 3.8) is 0 Å². The van der Waals surface area contributed by atoms with E-state index in [1.54, 1.807) is 13.3 Å². The summed E-state index contributed by atoms with van der Waals surface area (Å²) in [5, 5.41) is 1.53. The molecule has 2 aromatic rings. The van der Waals surface area contributed by atoms with E-state index in [-0.39, 0.29) is 0 Å². The maximum atomic E-state index is 5.94. The zero-order chi connectivity index (χ0) is 11.4. The van der Waals surface area contributed by atoms with Crippen LogP contribution in [-0.2, 0) is 0 Å². The summed E-state index contributed by atoms with van der Waals surface area (Å²) in [6.07, 6.45) is 1.71. The van der Waals surface area contributed by atoms with E-state index in [1.807, 2.05) is 42.5 Å². The summed E-state index contributed by atoms with van der Waals surface area (Å²) in [6, 6.07) is 13.1. The molecule has 1 aromatic heterocycles. The van der Waals surface area contributed by atoms with Gasteiger partial charge in [-0.15, -0.1) is 0 Å². The van der Waals surface area contributed by atoms with Crippen molar-refractivity contribution in [2.45, 2.75) is 0 Å².